The number of ether oxygens (including phenoxy) is 1. The van der Waals surface area contributed by atoms with Gasteiger partial charge < -0.3 is 14.5 Å². The molecule has 0 heterocycles. The molecule has 0 saturated carbocycles. The van der Waals surface area contributed by atoms with Gasteiger partial charge in [0.05, 0.1) is 18.8 Å². The van der Waals surface area contributed by atoms with E-state index in [1.54, 1.807) is 6.08 Å². The molecule has 138 valence electrons. The zero-order valence-corrected chi connectivity index (χ0v) is 17.3. The molecule has 0 aliphatic heterocycles. The van der Waals surface area contributed by atoms with Crippen LogP contribution in [0.15, 0.2) is 12.7 Å². The smallest absolute Gasteiger partial charge is 0.222 e. The standard InChI is InChI=1S/C18H34N2O3Si/c1-9-11-16(21)20-17(22-12-10-2)15(13-19)14(3)23-24(7,8)18(4,5)6/h10,14-15,17H,2,9,11-12H2,1,3-8H3,(H,20,21)/t14?,15-,17+/m1/s1. The molecule has 0 aromatic carbocycles. The second-order valence-corrected chi connectivity index (χ2v) is 12.4. The predicted octanol–water partition coefficient (Wildman–Crippen LogP) is 3.98. The third kappa shape index (κ3) is 7.16. The molecule has 0 spiro atoms. The van der Waals surface area contributed by atoms with Crippen LogP contribution in [0.1, 0.15) is 47.5 Å². The number of carbonyl (C=O) groups is 1. The minimum Gasteiger partial charge on any atom is -0.413 e. The highest BCUT2D eigenvalue weighted by molar-refractivity contribution is 6.74. The molecule has 6 heteroatoms. The van der Waals surface area contributed by atoms with Gasteiger partial charge in [-0.05, 0) is 31.5 Å². The second kappa shape index (κ2) is 9.97. The van der Waals surface area contributed by atoms with Crippen LogP contribution in [0, 0.1) is 17.2 Å². The molecule has 0 aliphatic rings. The van der Waals surface area contributed by atoms with Gasteiger partial charge in [0.2, 0.25) is 5.91 Å². The van der Waals surface area contributed by atoms with Crippen LogP contribution < -0.4 is 5.32 Å². The first-order valence-corrected chi connectivity index (χ1v) is 11.5. The fraction of sp³-hybridized carbons (Fsp3) is 0.778. The van der Waals surface area contributed by atoms with Gasteiger partial charge in [0, 0.05) is 6.42 Å². The number of nitrogens with zero attached hydrogens (tertiary/aromatic N) is 1. The second-order valence-electron chi connectivity index (χ2n) is 7.60. The normalized spacial score (nSPS) is 15.9. The Hall–Kier alpha value is -1.16. The summed E-state index contributed by atoms with van der Waals surface area (Å²) in [5.41, 5.74) is 0. The van der Waals surface area contributed by atoms with Crippen molar-refractivity contribution in [2.24, 2.45) is 5.92 Å². The summed E-state index contributed by atoms with van der Waals surface area (Å²) in [6.45, 7) is 18.5. The maximum absolute atomic E-state index is 11.9. The minimum atomic E-state index is -2.02. The van der Waals surface area contributed by atoms with Gasteiger partial charge in [-0.3, -0.25) is 4.79 Å². The Bertz CT molecular complexity index is 452. The fourth-order valence-corrected chi connectivity index (χ4v) is 3.43. The topological polar surface area (TPSA) is 71.3 Å². The predicted molar refractivity (Wildman–Crippen MR) is 99.8 cm³/mol. The molecule has 3 atom stereocenters. The third-order valence-electron chi connectivity index (χ3n) is 4.44. The Morgan fingerprint density at radius 2 is 2.00 bits per heavy atom. The van der Waals surface area contributed by atoms with E-state index in [-0.39, 0.29) is 23.7 Å². The third-order valence-corrected chi connectivity index (χ3v) is 9.02. The maximum atomic E-state index is 11.9. The summed E-state index contributed by atoms with van der Waals surface area (Å²) in [6.07, 6.45) is 1.71. The van der Waals surface area contributed by atoms with Crippen molar-refractivity contribution in [3.05, 3.63) is 12.7 Å². The first-order valence-electron chi connectivity index (χ1n) is 8.59. The van der Waals surface area contributed by atoms with Gasteiger partial charge in [-0.1, -0.05) is 33.8 Å². The van der Waals surface area contributed by atoms with Crippen LogP contribution in [-0.2, 0) is 14.0 Å². The molecular formula is C18H34N2O3Si. The van der Waals surface area contributed by atoms with Crippen molar-refractivity contribution < 1.29 is 14.0 Å². The zero-order chi connectivity index (χ0) is 19.0. The van der Waals surface area contributed by atoms with Gasteiger partial charge in [-0.25, -0.2) is 0 Å². The molecule has 0 fully saturated rings. The van der Waals surface area contributed by atoms with Gasteiger partial charge in [0.25, 0.3) is 0 Å². The summed E-state index contributed by atoms with van der Waals surface area (Å²) in [4.78, 5) is 11.9. The van der Waals surface area contributed by atoms with E-state index in [2.05, 4.69) is 51.8 Å². The van der Waals surface area contributed by atoms with Crippen molar-refractivity contribution in [1.29, 1.82) is 5.26 Å². The molecule has 5 nitrogen and oxygen atoms in total. The highest BCUT2D eigenvalue weighted by Gasteiger charge is 2.41. The Morgan fingerprint density at radius 3 is 2.42 bits per heavy atom. The van der Waals surface area contributed by atoms with E-state index in [4.69, 9.17) is 9.16 Å². The fourth-order valence-electron chi connectivity index (χ4n) is 2.00. The maximum Gasteiger partial charge on any atom is 0.222 e. The summed E-state index contributed by atoms with van der Waals surface area (Å²) in [5, 5.41) is 12.5. The van der Waals surface area contributed by atoms with Crippen molar-refractivity contribution in [2.45, 2.75) is 77.9 Å². The van der Waals surface area contributed by atoms with Crippen molar-refractivity contribution in [3.8, 4) is 6.07 Å². The molecule has 1 unspecified atom stereocenters. The van der Waals surface area contributed by atoms with Crippen LogP contribution in [0.5, 0.6) is 0 Å². The highest BCUT2D eigenvalue weighted by atomic mass is 28.4. The molecule has 0 radical (unpaired) electrons. The van der Waals surface area contributed by atoms with Crippen LogP contribution >= 0.6 is 0 Å². The minimum absolute atomic E-state index is 0.0458. The molecule has 0 saturated heterocycles. The van der Waals surface area contributed by atoms with Crippen molar-refractivity contribution in [3.63, 3.8) is 0 Å². The summed E-state index contributed by atoms with van der Waals surface area (Å²) in [6, 6.07) is 2.26. The van der Waals surface area contributed by atoms with Gasteiger partial charge in [-0.15, -0.1) is 6.58 Å². The largest absolute Gasteiger partial charge is 0.413 e. The van der Waals surface area contributed by atoms with Crippen LogP contribution in [0.4, 0.5) is 0 Å². The number of hydrogen-bond donors (Lipinski definition) is 1. The van der Waals surface area contributed by atoms with E-state index >= 15 is 0 Å². The Morgan fingerprint density at radius 1 is 1.42 bits per heavy atom. The summed E-state index contributed by atoms with van der Waals surface area (Å²) in [7, 11) is -2.02. The molecule has 0 bridgehead atoms. The first kappa shape index (κ1) is 22.8. The van der Waals surface area contributed by atoms with Crippen LogP contribution in [0.2, 0.25) is 18.1 Å². The van der Waals surface area contributed by atoms with Gasteiger partial charge >= 0.3 is 0 Å². The zero-order valence-electron chi connectivity index (χ0n) is 16.3. The number of rotatable bonds is 10. The van der Waals surface area contributed by atoms with Crippen molar-refractivity contribution >= 4 is 14.2 Å². The number of carbonyl (C=O) groups excluding carboxylic acids is 1. The summed E-state index contributed by atoms with van der Waals surface area (Å²) >= 11 is 0. The van der Waals surface area contributed by atoms with E-state index in [0.29, 0.717) is 6.42 Å². The van der Waals surface area contributed by atoms with Crippen LogP contribution in [-0.4, -0.2) is 33.2 Å². The molecular weight excluding hydrogens is 320 g/mol. The van der Waals surface area contributed by atoms with Crippen molar-refractivity contribution in [1.82, 2.24) is 5.32 Å². The monoisotopic (exact) mass is 354 g/mol. The van der Waals surface area contributed by atoms with Crippen LogP contribution in [0.25, 0.3) is 0 Å². The van der Waals surface area contributed by atoms with Gasteiger partial charge in [0.1, 0.15) is 12.1 Å². The molecule has 0 aromatic rings. The van der Waals surface area contributed by atoms with Gasteiger partial charge in [0.15, 0.2) is 8.32 Å². The molecule has 0 aliphatic carbocycles. The van der Waals surface area contributed by atoms with E-state index in [1.807, 2.05) is 13.8 Å². The molecule has 24 heavy (non-hydrogen) atoms. The Labute approximate surface area is 148 Å². The molecule has 1 N–H and O–H groups in total. The number of hydrogen-bond acceptors (Lipinski definition) is 4. The number of amides is 1. The molecule has 1 amide bonds. The first-order chi connectivity index (χ1) is 11.0. The average Bonchev–Trinajstić information content (AvgIpc) is 2.43. The molecule has 0 rings (SSSR count). The van der Waals surface area contributed by atoms with E-state index in [1.165, 1.54) is 0 Å². The Balaban J connectivity index is 5.20. The Kier molecular flexibility index (Phi) is 9.49. The van der Waals surface area contributed by atoms with Crippen molar-refractivity contribution in [2.75, 3.05) is 6.61 Å². The highest BCUT2D eigenvalue weighted by Crippen LogP contribution is 2.38. The van der Waals surface area contributed by atoms with E-state index < -0.39 is 20.5 Å². The quantitative estimate of drug-likeness (QED) is 0.366. The molecule has 0 aromatic heterocycles. The van der Waals surface area contributed by atoms with E-state index in [9.17, 15) is 10.1 Å². The summed E-state index contributed by atoms with van der Waals surface area (Å²) < 4.78 is 12.0. The summed E-state index contributed by atoms with van der Waals surface area (Å²) in [5.74, 6) is -0.703. The lowest BCUT2D eigenvalue weighted by molar-refractivity contribution is -0.127. The lowest BCUT2D eigenvalue weighted by Crippen LogP contribution is -2.50. The number of nitrogens with one attached hydrogen (secondary N) is 1. The van der Waals surface area contributed by atoms with Gasteiger partial charge in [-0.2, -0.15) is 5.26 Å². The average molecular weight is 355 g/mol. The van der Waals surface area contributed by atoms with E-state index in [0.717, 1.165) is 6.42 Å². The lowest BCUT2D eigenvalue weighted by Gasteiger charge is -2.40. The van der Waals surface area contributed by atoms with Crippen LogP contribution in [0.3, 0.4) is 0 Å². The SMILES string of the molecule is C=CCO[C@H](NC(=O)CCC)[C@H](C#N)C(C)O[Si](C)(C)C(C)(C)C. The lowest BCUT2D eigenvalue weighted by atomic mass is 10.0. The number of nitriles is 1.